The molecule has 100 valence electrons. The zero-order valence-electron chi connectivity index (χ0n) is 12.0. The summed E-state index contributed by atoms with van der Waals surface area (Å²) in [5.41, 5.74) is 7.73. The van der Waals surface area contributed by atoms with Crippen molar-refractivity contribution in [1.82, 2.24) is 0 Å². The molecule has 0 saturated carbocycles. The minimum Gasteiger partial charge on any atom is -0.381 e. The van der Waals surface area contributed by atoms with Crippen LogP contribution in [0.15, 0.2) is 34.8 Å². The molecule has 0 spiro atoms. The lowest BCUT2D eigenvalue weighted by atomic mass is 10.1. The van der Waals surface area contributed by atoms with E-state index >= 15 is 0 Å². The van der Waals surface area contributed by atoms with E-state index in [2.05, 4.69) is 79.3 Å². The predicted octanol–water partition coefficient (Wildman–Crippen LogP) is 5.29. The molecule has 1 N–H and O–H groups in total. The number of halogens is 1. The van der Waals surface area contributed by atoms with Crippen LogP contribution in [-0.2, 0) is 6.54 Å². The van der Waals surface area contributed by atoms with Gasteiger partial charge in [0.25, 0.3) is 0 Å². The maximum absolute atomic E-state index is 3.60. The molecule has 2 aromatic carbocycles. The highest BCUT2D eigenvalue weighted by molar-refractivity contribution is 9.10. The molecule has 0 amide bonds. The van der Waals surface area contributed by atoms with E-state index in [1.807, 2.05) is 0 Å². The Kier molecular flexibility index (Phi) is 4.31. The largest absolute Gasteiger partial charge is 0.381 e. The summed E-state index contributed by atoms with van der Waals surface area (Å²) >= 11 is 3.60. The van der Waals surface area contributed by atoms with Gasteiger partial charge in [0.2, 0.25) is 0 Å². The zero-order valence-corrected chi connectivity index (χ0v) is 13.6. The number of hydrogen-bond donors (Lipinski definition) is 1. The van der Waals surface area contributed by atoms with Crippen molar-refractivity contribution in [2.24, 2.45) is 0 Å². The van der Waals surface area contributed by atoms with Crippen molar-refractivity contribution in [3.05, 3.63) is 62.6 Å². The minimum absolute atomic E-state index is 0.863. The summed E-state index contributed by atoms with van der Waals surface area (Å²) in [6.07, 6.45) is 0. The van der Waals surface area contributed by atoms with Crippen LogP contribution in [0.4, 0.5) is 5.69 Å². The van der Waals surface area contributed by atoms with E-state index in [1.54, 1.807) is 0 Å². The molecule has 0 aliphatic rings. The van der Waals surface area contributed by atoms with Gasteiger partial charge in [-0.2, -0.15) is 0 Å². The molecule has 19 heavy (non-hydrogen) atoms. The van der Waals surface area contributed by atoms with Crippen LogP contribution in [0.1, 0.15) is 27.8 Å². The molecule has 0 aliphatic carbocycles. The fourth-order valence-corrected chi connectivity index (χ4v) is 2.39. The summed E-state index contributed by atoms with van der Waals surface area (Å²) in [5, 5.41) is 3.50. The van der Waals surface area contributed by atoms with Crippen LogP contribution in [-0.4, -0.2) is 0 Å². The lowest BCUT2D eigenvalue weighted by Gasteiger charge is -2.11. The molecular weight excluding hydrogens is 298 g/mol. The summed E-state index contributed by atoms with van der Waals surface area (Å²) in [6, 6.07) is 11.0. The Morgan fingerprint density at radius 3 is 2.05 bits per heavy atom. The van der Waals surface area contributed by atoms with Gasteiger partial charge in [-0.05, 0) is 67.6 Å². The maximum Gasteiger partial charge on any atom is 0.0400 e. The molecule has 0 atom stereocenters. The molecule has 0 fully saturated rings. The fraction of sp³-hybridized carbons (Fsp3) is 0.294. The van der Waals surface area contributed by atoms with Gasteiger partial charge in [-0.3, -0.25) is 0 Å². The predicted molar refractivity (Wildman–Crippen MR) is 86.9 cm³/mol. The minimum atomic E-state index is 0.863. The van der Waals surface area contributed by atoms with Crippen LogP contribution in [0.2, 0.25) is 0 Å². The molecule has 0 saturated heterocycles. The Bertz CT molecular complexity index is 579. The van der Waals surface area contributed by atoms with Gasteiger partial charge in [0.15, 0.2) is 0 Å². The van der Waals surface area contributed by atoms with E-state index in [0.29, 0.717) is 0 Å². The first-order chi connectivity index (χ1) is 8.97. The Balaban J connectivity index is 2.12. The van der Waals surface area contributed by atoms with E-state index in [4.69, 9.17) is 0 Å². The second-order valence-corrected chi connectivity index (χ2v) is 5.99. The van der Waals surface area contributed by atoms with E-state index in [1.165, 1.54) is 38.0 Å². The third-order valence-corrected chi connectivity index (χ3v) is 4.76. The Morgan fingerprint density at radius 2 is 1.47 bits per heavy atom. The summed E-state index contributed by atoms with van der Waals surface area (Å²) < 4.78 is 1.20. The number of nitrogens with one attached hydrogen (secondary N) is 1. The molecule has 2 heteroatoms. The van der Waals surface area contributed by atoms with E-state index < -0.39 is 0 Å². The summed E-state index contributed by atoms with van der Waals surface area (Å²) in [6.45, 7) is 9.42. The van der Waals surface area contributed by atoms with Crippen LogP contribution < -0.4 is 5.32 Å². The van der Waals surface area contributed by atoms with Crippen LogP contribution in [0.25, 0.3) is 0 Å². The van der Waals surface area contributed by atoms with E-state index in [9.17, 15) is 0 Å². The van der Waals surface area contributed by atoms with Crippen LogP contribution in [0, 0.1) is 27.7 Å². The molecule has 0 aliphatic heterocycles. The monoisotopic (exact) mass is 317 g/mol. The van der Waals surface area contributed by atoms with Crippen LogP contribution in [0.5, 0.6) is 0 Å². The average molecular weight is 318 g/mol. The summed E-state index contributed by atoms with van der Waals surface area (Å²) in [4.78, 5) is 0. The fourth-order valence-electron chi connectivity index (χ4n) is 2.17. The molecule has 2 rings (SSSR count). The third-order valence-electron chi connectivity index (χ3n) is 3.50. The molecule has 0 heterocycles. The smallest absolute Gasteiger partial charge is 0.0400 e. The first-order valence-corrected chi connectivity index (χ1v) is 7.33. The molecule has 0 bridgehead atoms. The Morgan fingerprint density at radius 1 is 0.842 bits per heavy atom. The first kappa shape index (κ1) is 14.1. The number of aryl methyl sites for hydroxylation is 4. The van der Waals surface area contributed by atoms with Crippen LogP contribution in [0.3, 0.4) is 0 Å². The SMILES string of the molecule is Cc1ccc(CNc2cc(C)c(Br)c(C)c2)cc1C. The van der Waals surface area contributed by atoms with Crippen molar-refractivity contribution < 1.29 is 0 Å². The second-order valence-electron chi connectivity index (χ2n) is 5.20. The maximum atomic E-state index is 3.60. The highest BCUT2D eigenvalue weighted by atomic mass is 79.9. The molecule has 0 unspecified atom stereocenters. The van der Waals surface area contributed by atoms with Crippen molar-refractivity contribution in [2.45, 2.75) is 34.2 Å². The third kappa shape index (κ3) is 3.38. The Labute approximate surface area is 124 Å². The highest BCUT2D eigenvalue weighted by Crippen LogP contribution is 2.25. The standard InChI is InChI=1S/C17H20BrN/c1-11-5-6-15(7-12(11)2)10-19-16-8-13(3)17(18)14(4)9-16/h5-9,19H,10H2,1-4H3. The van der Waals surface area contributed by atoms with Crippen molar-refractivity contribution in [3.8, 4) is 0 Å². The van der Waals surface area contributed by atoms with Gasteiger partial charge in [0, 0.05) is 16.7 Å². The van der Waals surface area contributed by atoms with Crippen molar-refractivity contribution >= 4 is 21.6 Å². The topological polar surface area (TPSA) is 12.0 Å². The van der Waals surface area contributed by atoms with Crippen LogP contribution >= 0.6 is 15.9 Å². The number of hydrogen-bond acceptors (Lipinski definition) is 1. The molecule has 0 radical (unpaired) electrons. The van der Waals surface area contributed by atoms with Crippen molar-refractivity contribution in [1.29, 1.82) is 0 Å². The number of rotatable bonds is 3. The summed E-state index contributed by atoms with van der Waals surface area (Å²) in [5.74, 6) is 0. The highest BCUT2D eigenvalue weighted by Gasteiger charge is 2.02. The van der Waals surface area contributed by atoms with Gasteiger partial charge in [-0.25, -0.2) is 0 Å². The zero-order chi connectivity index (χ0) is 14.0. The lowest BCUT2D eigenvalue weighted by Crippen LogP contribution is -2.01. The molecule has 1 nitrogen and oxygen atoms in total. The van der Waals surface area contributed by atoms with E-state index in [0.717, 1.165) is 6.54 Å². The quantitative estimate of drug-likeness (QED) is 0.810. The number of anilines is 1. The van der Waals surface area contributed by atoms with Gasteiger partial charge in [-0.1, -0.05) is 34.1 Å². The first-order valence-electron chi connectivity index (χ1n) is 6.54. The van der Waals surface area contributed by atoms with Gasteiger partial charge >= 0.3 is 0 Å². The van der Waals surface area contributed by atoms with Gasteiger partial charge in [0.05, 0.1) is 0 Å². The molecule has 0 aromatic heterocycles. The molecular formula is C17H20BrN. The summed E-state index contributed by atoms with van der Waals surface area (Å²) in [7, 11) is 0. The molecule has 2 aromatic rings. The van der Waals surface area contributed by atoms with E-state index in [-0.39, 0.29) is 0 Å². The average Bonchev–Trinajstić information content (AvgIpc) is 2.37. The van der Waals surface area contributed by atoms with Gasteiger partial charge in [0.1, 0.15) is 0 Å². The van der Waals surface area contributed by atoms with Gasteiger partial charge < -0.3 is 5.32 Å². The van der Waals surface area contributed by atoms with Gasteiger partial charge in [-0.15, -0.1) is 0 Å². The second kappa shape index (κ2) is 5.79. The Hall–Kier alpha value is -1.28. The van der Waals surface area contributed by atoms with Crippen molar-refractivity contribution in [2.75, 3.05) is 5.32 Å². The lowest BCUT2D eigenvalue weighted by molar-refractivity contribution is 1.13. The normalized spacial score (nSPS) is 10.6. The number of benzene rings is 2. The van der Waals surface area contributed by atoms with Crippen molar-refractivity contribution in [3.63, 3.8) is 0 Å².